The molecule has 0 atom stereocenters. The average Bonchev–Trinajstić information content (AvgIpc) is 1.55. The number of hydrogen-bond donors (Lipinski definition) is 0. The Morgan fingerprint density at radius 1 is 0.195 bits per heavy atom. The molecule has 2 aliphatic carbocycles. The molecule has 16 aromatic carbocycles. The minimum Gasteiger partial charge on any atom is -0.309 e. The molecule has 0 spiro atoms. The number of nitrogens with zero attached hydrogens (tertiary/aromatic N) is 10. The Morgan fingerprint density at radius 3 is 1.03 bits per heavy atom. The van der Waals surface area contributed by atoms with Gasteiger partial charge >= 0.3 is 0 Å². The van der Waals surface area contributed by atoms with Gasteiger partial charge in [-0.2, -0.15) is 19.9 Å². The van der Waals surface area contributed by atoms with E-state index in [1.54, 1.807) is 0 Å². The Balaban J connectivity index is 0.584. The van der Waals surface area contributed by atoms with E-state index >= 15 is 0 Å². The van der Waals surface area contributed by atoms with Crippen LogP contribution in [-0.4, -0.2) is 48.2 Å². The zero-order valence-corrected chi connectivity index (χ0v) is 65.1. The fourth-order valence-corrected chi connectivity index (χ4v) is 19.6. The Labute approximate surface area is 680 Å². The first-order valence-corrected chi connectivity index (χ1v) is 40.5. The first-order valence-electron chi connectivity index (χ1n) is 40.5. The number of fused-ring (bicyclic) bond motifs is 20. The largest absolute Gasteiger partial charge is 0.309 e. The molecule has 0 N–H and O–H groups in total. The van der Waals surface area contributed by atoms with Crippen molar-refractivity contribution in [3.05, 3.63) is 386 Å². The van der Waals surface area contributed by atoms with Gasteiger partial charge in [0.2, 0.25) is 11.9 Å². The van der Waals surface area contributed by atoms with Crippen molar-refractivity contribution in [3.8, 4) is 124 Å². The third-order valence-electron chi connectivity index (χ3n) is 25.3. The van der Waals surface area contributed by atoms with Gasteiger partial charge in [0, 0.05) is 87.5 Å². The molecule has 2 aliphatic rings. The monoisotopic (exact) mass is 1510 g/mol. The lowest BCUT2D eigenvalue weighted by molar-refractivity contribution is 0.660. The molecule has 0 saturated heterocycles. The van der Waals surface area contributed by atoms with Crippen LogP contribution in [0.4, 0.5) is 0 Å². The SMILES string of the molecule is CC1(C)c2ccccc2-c2ccc(-c3nc(-c4ccc5c(c4)C(C)(C)c4cc(-c6cccc(-c7ccc(-c8nc(-c9ccccc9)nc(-n9c%10ccccc%10c%10c9ccc9c%11ccccc%11n(-c%11ccc(-c%12ccccc%12)cc%11)c9%10)n8)cc7)c6)ccc4-5)nc(-n4c5ccccc5c5c4ccc4c6ccccc6n(-c6ccccc6)c45)n3)cc21. The second-order valence-electron chi connectivity index (χ2n) is 32.5. The van der Waals surface area contributed by atoms with Crippen molar-refractivity contribution >= 4 is 87.2 Å². The van der Waals surface area contributed by atoms with Gasteiger partial charge in [-0.15, -0.1) is 0 Å². The highest BCUT2D eigenvalue weighted by Gasteiger charge is 2.38. The molecule has 0 fully saturated rings. The van der Waals surface area contributed by atoms with Crippen LogP contribution in [-0.2, 0) is 10.8 Å². The number of aromatic nitrogens is 10. The summed E-state index contributed by atoms with van der Waals surface area (Å²) in [6, 6.07) is 132. The van der Waals surface area contributed by atoms with Gasteiger partial charge in [0.25, 0.3) is 0 Å². The smallest absolute Gasteiger partial charge is 0.238 e. The molecule has 0 bridgehead atoms. The van der Waals surface area contributed by atoms with E-state index in [0.717, 1.165) is 122 Å². The first kappa shape index (κ1) is 67.3. The molecular formula is C108H72N10. The van der Waals surface area contributed by atoms with E-state index in [2.05, 4.69) is 392 Å². The highest BCUT2D eigenvalue weighted by molar-refractivity contribution is 6.28. The van der Waals surface area contributed by atoms with Gasteiger partial charge in [-0.3, -0.25) is 9.13 Å². The second kappa shape index (κ2) is 25.6. The highest BCUT2D eigenvalue weighted by atomic mass is 15.2. The van der Waals surface area contributed by atoms with Crippen molar-refractivity contribution in [1.82, 2.24) is 48.2 Å². The van der Waals surface area contributed by atoms with Crippen molar-refractivity contribution in [2.45, 2.75) is 38.5 Å². The summed E-state index contributed by atoms with van der Waals surface area (Å²) >= 11 is 0. The maximum atomic E-state index is 5.64. The third kappa shape index (κ3) is 10.1. The van der Waals surface area contributed by atoms with Crippen LogP contribution in [0.25, 0.3) is 212 Å². The van der Waals surface area contributed by atoms with E-state index in [9.17, 15) is 0 Å². The van der Waals surface area contributed by atoms with E-state index in [4.69, 9.17) is 29.9 Å². The predicted molar refractivity (Wildman–Crippen MR) is 484 cm³/mol. The van der Waals surface area contributed by atoms with Crippen LogP contribution >= 0.6 is 0 Å². The topological polar surface area (TPSA) is 97.1 Å². The summed E-state index contributed by atoms with van der Waals surface area (Å²) in [4.78, 5) is 32.9. The standard InChI is InChI=1S/C108H72N10/c1-107(2)87-38-19-14-33-77(87)78-55-50-73(63-89(78)107)103-110-104(114-106(113-103)118-94-42-23-17-36-85(94)97-95(118)59-57-83-81-34-15-20-39-91(81)115(99(83)97)75-31-12-7-13-32-75)74-51-56-80-79-54-49-72(62-88(79)108(3,4)90(80)64-74)71-30-24-29-70(61-71)67-43-45-69(46-44-67)102-109-101(68-27-10-6-11-28-68)111-105(112-102)117-93-41-22-18-37-86(93)98-96(117)60-58-84-82-35-16-21-40-92(82)116(100(84)98)76-52-47-66(48-53-76)65-25-8-5-9-26-65/h5-64H,1-4H3. The van der Waals surface area contributed by atoms with Crippen molar-refractivity contribution in [2.75, 3.05) is 0 Å². The Morgan fingerprint density at radius 2 is 0.517 bits per heavy atom. The van der Waals surface area contributed by atoms with E-state index in [0.29, 0.717) is 35.2 Å². The molecule has 10 heteroatoms. The van der Waals surface area contributed by atoms with Gasteiger partial charge in [0.1, 0.15) is 0 Å². The van der Waals surface area contributed by atoms with Crippen molar-refractivity contribution in [3.63, 3.8) is 0 Å². The van der Waals surface area contributed by atoms with Crippen LogP contribution in [0, 0.1) is 0 Å². The molecule has 118 heavy (non-hydrogen) atoms. The second-order valence-corrected chi connectivity index (χ2v) is 32.5. The minimum absolute atomic E-state index is 0.233. The van der Waals surface area contributed by atoms with E-state index in [1.165, 1.54) is 77.2 Å². The summed E-state index contributed by atoms with van der Waals surface area (Å²) in [6.45, 7) is 9.38. The predicted octanol–water partition coefficient (Wildman–Crippen LogP) is 26.7. The molecule has 554 valence electrons. The molecular weight excluding hydrogens is 1440 g/mol. The molecule has 0 amide bonds. The van der Waals surface area contributed by atoms with Gasteiger partial charge in [0.05, 0.1) is 44.1 Å². The van der Waals surface area contributed by atoms with Gasteiger partial charge < -0.3 is 9.13 Å². The summed E-state index contributed by atoms with van der Waals surface area (Å²) < 4.78 is 9.35. The Hall–Kier alpha value is -15.3. The summed E-state index contributed by atoms with van der Waals surface area (Å²) in [5.74, 6) is 3.48. The number of rotatable bonds is 11. The van der Waals surface area contributed by atoms with Gasteiger partial charge in [-0.05, 0) is 163 Å². The van der Waals surface area contributed by atoms with Gasteiger partial charge in [-0.25, -0.2) is 9.97 Å². The molecule has 22 aromatic rings. The summed E-state index contributed by atoms with van der Waals surface area (Å²) in [6.07, 6.45) is 0. The summed E-state index contributed by atoms with van der Waals surface area (Å²) in [7, 11) is 0. The molecule has 0 aliphatic heterocycles. The van der Waals surface area contributed by atoms with Crippen LogP contribution in [0.1, 0.15) is 49.9 Å². The maximum Gasteiger partial charge on any atom is 0.238 e. The Bertz CT molecular complexity index is 7960. The zero-order chi connectivity index (χ0) is 78.2. The van der Waals surface area contributed by atoms with Crippen LogP contribution in [0.2, 0.25) is 0 Å². The average molecular weight is 1510 g/mol. The first-order chi connectivity index (χ1) is 58.0. The van der Waals surface area contributed by atoms with Crippen LogP contribution in [0.3, 0.4) is 0 Å². The molecule has 24 rings (SSSR count). The fourth-order valence-electron chi connectivity index (χ4n) is 19.6. The quantitative estimate of drug-likeness (QED) is 0.128. The lowest BCUT2D eigenvalue weighted by atomic mass is 9.81. The van der Waals surface area contributed by atoms with Gasteiger partial charge in [0.15, 0.2) is 23.3 Å². The van der Waals surface area contributed by atoms with Crippen LogP contribution in [0.15, 0.2) is 364 Å². The van der Waals surface area contributed by atoms with E-state index in [-0.39, 0.29) is 10.8 Å². The highest BCUT2D eigenvalue weighted by Crippen LogP contribution is 2.53. The number of para-hydroxylation sites is 5. The number of benzene rings is 16. The van der Waals surface area contributed by atoms with Crippen molar-refractivity contribution < 1.29 is 0 Å². The summed E-state index contributed by atoms with van der Waals surface area (Å²) in [5.41, 5.74) is 30.6. The zero-order valence-electron chi connectivity index (χ0n) is 65.1. The maximum absolute atomic E-state index is 5.64. The molecule has 10 nitrogen and oxygen atoms in total. The molecule has 6 heterocycles. The fraction of sp³-hybridized carbons (Fsp3) is 0.0556. The third-order valence-corrected chi connectivity index (χ3v) is 25.3. The van der Waals surface area contributed by atoms with Crippen molar-refractivity contribution in [2.24, 2.45) is 0 Å². The van der Waals surface area contributed by atoms with Crippen molar-refractivity contribution in [1.29, 1.82) is 0 Å². The molecule has 0 radical (unpaired) electrons. The van der Waals surface area contributed by atoms with Gasteiger partial charge in [-0.1, -0.05) is 307 Å². The van der Waals surface area contributed by atoms with Crippen LogP contribution in [0.5, 0.6) is 0 Å². The normalized spacial score (nSPS) is 13.2. The minimum atomic E-state index is -0.389. The number of hydrogen-bond acceptors (Lipinski definition) is 6. The van der Waals surface area contributed by atoms with E-state index < -0.39 is 0 Å². The lowest BCUT2D eigenvalue weighted by Crippen LogP contribution is -2.15. The summed E-state index contributed by atoms with van der Waals surface area (Å²) in [5, 5.41) is 9.25. The molecule has 6 aromatic heterocycles. The van der Waals surface area contributed by atoms with Crippen LogP contribution < -0.4 is 0 Å². The Kier molecular flexibility index (Phi) is 14.6. The molecule has 0 saturated carbocycles. The van der Waals surface area contributed by atoms with E-state index in [1.807, 2.05) is 18.2 Å². The lowest BCUT2D eigenvalue weighted by Gasteiger charge is -2.23. The molecule has 0 unspecified atom stereocenters.